The third-order valence-corrected chi connectivity index (χ3v) is 0.526. The summed E-state index contributed by atoms with van der Waals surface area (Å²) in [4.78, 5) is 10.3. The largest absolute Gasteiger partial charge is 0.332 e. The van der Waals surface area contributed by atoms with Crippen LogP contribution in [-0.4, -0.2) is 12.5 Å². The third kappa shape index (κ3) is 3.32. The molecular formula is C4H9N3O. The second kappa shape index (κ2) is 4.29. The van der Waals surface area contributed by atoms with Crippen molar-refractivity contribution >= 4 is 5.91 Å². The highest BCUT2D eigenvalue weighted by Gasteiger charge is 1.90. The monoisotopic (exact) mass is 115 g/mol. The van der Waals surface area contributed by atoms with Crippen molar-refractivity contribution in [3.8, 4) is 0 Å². The maximum absolute atomic E-state index is 10.3. The van der Waals surface area contributed by atoms with Gasteiger partial charge in [-0.2, -0.15) is 0 Å². The lowest BCUT2D eigenvalue weighted by molar-refractivity contribution is -0.119. The standard InChI is InChI=1S/C4H9N3O/c1-2-6-4(8)3-7-5/h2,7H,1,3,5H2,(H,6,8). The van der Waals surface area contributed by atoms with Crippen molar-refractivity contribution < 1.29 is 4.79 Å². The molecule has 0 spiro atoms. The molecule has 0 aromatic rings. The number of rotatable bonds is 3. The average Bonchev–Trinajstić information content (AvgIpc) is 1.68. The predicted octanol–water partition coefficient (Wildman–Crippen LogP) is -1.29. The smallest absolute Gasteiger partial charge is 0.239 e. The molecule has 0 aromatic heterocycles. The van der Waals surface area contributed by atoms with E-state index in [0.29, 0.717) is 0 Å². The lowest BCUT2D eigenvalue weighted by Crippen LogP contribution is -2.34. The molecule has 0 aliphatic rings. The lowest BCUT2D eigenvalue weighted by atomic mass is 10.6. The summed E-state index contributed by atoms with van der Waals surface area (Å²) in [7, 11) is 0. The van der Waals surface area contributed by atoms with Gasteiger partial charge in [0.15, 0.2) is 0 Å². The summed E-state index contributed by atoms with van der Waals surface area (Å²) in [5, 5.41) is 2.33. The van der Waals surface area contributed by atoms with Gasteiger partial charge in [0, 0.05) is 0 Å². The first-order valence-corrected chi connectivity index (χ1v) is 2.15. The van der Waals surface area contributed by atoms with E-state index in [4.69, 9.17) is 5.84 Å². The summed E-state index contributed by atoms with van der Waals surface area (Å²) in [5.41, 5.74) is 2.19. The van der Waals surface area contributed by atoms with E-state index in [0.717, 1.165) is 0 Å². The van der Waals surface area contributed by atoms with Gasteiger partial charge in [0.2, 0.25) is 5.91 Å². The van der Waals surface area contributed by atoms with Gasteiger partial charge in [-0.3, -0.25) is 16.1 Å². The van der Waals surface area contributed by atoms with E-state index in [1.54, 1.807) is 0 Å². The molecule has 0 saturated carbocycles. The normalized spacial score (nSPS) is 8.12. The number of nitrogens with one attached hydrogen (secondary N) is 2. The maximum atomic E-state index is 10.3. The van der Waals surface area contributed by atoms with Crippen LogP contribution in [0.1, 0.15) is 0 Å². The Labute approximate surface area is 47.7 Å². The summed E-state index contributed by atoms with van der Waals surface area (Å²) in [5.74, 6) is 4.62. The fourth-order valence-electron chi connectivity index (χ4n) is 0.258. The molecule has 1 amide bonds. The highest BCUT2D eigenvalue weighted by Crippen LogP contribution is 1.57. The molecule has 8 heavy (non-hydrogen) atoms. The summed E-state index contributed by atoms with van der Waals surface area (Å²) in [6.45, 7) is 3.40. The van der Waals surface area contributed by atoms with Gasteiger partial charge in [0.1, 0.15) is 0 Å². The van der Waals surface area contributed by atoms with Crippen LogP contribution in [0.3, 0.4) is 0 Å². The van der Waals surface area contributed by atoms with E-state index < -0.39 is 0 Å². The maximum Gasteiger partial charge on any atom is 0.239 e. The highest BCUT2D eigenvalue weighted by atomic mass is 16.1. The Kier molecular flexibility index (Phi) is 3.83. The number of nitrogens with two attached hydrogens (primary N) is 1. The fraction of sp³-hybridized carbons (Fsp3) is 0.250. The molecule has 0 saturated heterocycles. The van der Waals surface area contributed by atoms with Crippen LogP contribution in [-0.2, 0) is 4.79 Å². The van der Waals surface area contributed by atoms with Crippen LogP contribution < -0.4 is 16.6 Å². The van der Waals surface area contributed by atoms with Gasteiger partial charge in [0.05, 0.1) is 6.54 Å². The molecule has 0 fully saturated rings. The van der Waals surface area contributed by atoms with Crippen molar-refractivity contribution in [2.45, 2.75) is 0 Å². The lowest BCUT2D eigenvalue weighted by Gasteiger charge is -1.94. The van der Waals surface area contributed by atoms with Gasteiger partial charge in [-0.15, -0.1) is 0 Å². The van der Waals surface area contributed by atoms with Crippen LogP contribution in [0.15, 0.2) is 12.8 Å². The Morgan fingerprint density at radius 2 is 2.50 bits per heavy atom. The summed E-state index contributed by atoms with van der Waals surface area (Å²) >= 11 is 0. The van der Waals surface area contributed by atoms with Crippen molar-refractivity contribution in [3.63, 3.8) is 0 Å². The van der Waals surface area contributed by atoms with Crippen molar-refractivity contribution in [1.29, 1.82) is 0 Å². The SMILES string of the molecule is C=CNC(=O)CNN. The molecule has 0 atom stereocenters. The average molecular weight is 115 g/mol. The van der Waals surface area contributed by atoms with E-state index in [9.17, 15) is 4.79 Å². The van der Waals surface area contributed by atoms with Gasteiger partial charge in [-0.25, -0.2) is 0 Å². The van der Waals surface area contributed by atoms with Gasteiger partial charge in [0.25, 0.3) is 0 Å². The minimum absolute atomic E-state index is 0.117. The van der Waals surface area contributed by atoms with Gasteiger partial charge in [-0.1, -0.05) is 6.58 Å². The Balaban J connectivity index is 3.18. The molecule has 0 bridgehead atoms. The zero-order valence-electron chi connectivity index (χ0n) is 4.48. The van der Waals surface area contributed by atoms with Crippen LogP contribution in [0.5, 0.6) is 0 Å². The molecular weight excluding hydrogens is 106 g/mol. The number of hydrogen-bond acceptors (Lipinski definition) is 3. The second-order valence-electron chi connectivity index (χ2n) is 1.15. The molecule has 0 rings (SSSR count). The molecule has 4 N–H and O–H groups in total. The first-order valence-electron chi connectivity index (χ1n) is 2.15. The Hall–Kier alpha value is -0.870. The summed E-state index contributed by atoms with van der Waals surface area (Å²) < 4.78 is 0. The summed E-state index contributed by atoms with van der Waals surface area (Å²) in [6, 6.07) is 0. The first kappa shape index (κ1) is 7.13. The number of amides is 1. The molecule has 4 nitrogen and oxygen atoms in total. The van der Waals surface area contributed by atoms with Crippen LogP contribution in [0.25, 0.3) is 0 Å². The minimum atomic E-state index is -0.192. The number of hydrazine groups is 1. The predicted molar refractivity (Wildman–Crippen MR) is 30.5 cm³/mol. The molecule has 4 heteroatoms. The first-order chi connectivity index (χ1) is 3.81. The molecule has 0 unspecified atom stereocenters. The van der Waals surface area contributed by atoms with Gasteiger partial charge >= 0.3 is 0 Å². The Bertz CT molecular complexity index is 91.3. The third-order valence-electron chi connectivity index (χ3n) is 0.526. The molecule has 0 aliphatic carbocycles. The fourth-order valence-corrected chi connectivity index (χ4v) is 0.258. The van der Waals surface area contributed by atoms with E-state index in [2.05, 4.69) is 17.3 Å². The molecule has 0 aliphatic heterocycles. The van der Waals surface area contributed by atoms with Crippen LogP contribution in [0.2, 0.25) is 0 Å². The van der Waals surface area contributed by atoms with Gasteiger partial charge < -0.3 is 5.32 Å². The Morgan fingerprint density at radius 1 is 1.88 bits per heavy atom. The molecule has 0 radical (unpaired) electrons. The topological polar surface area (TPSA) is 67.2 Å². The van der Waals surface area contributed by atoms with Crippen molar-refractivity contribution in [1.82, 2.24) is 10.7 Å². The van der Waals surface area contributed by atoms with Gasteiger partial charge in [-0.05, 0) is 6.20 Å². The second-order valence-corrected chi connectivity index (χ2v) is 1.15. The van der Waals surface area contributed by atoms with Crippen molar-refractivity contribution in [2.75, 3.05) is 6.54 Å². The summed E-state index contributed by atoms with van der Waals surface area (Å²) in [6.07, 6.45) is 1.31. The van der Waals surface area contributed by atoms with Crippen LogP contribution in [0, 0.1) is 0 Å². The number of carbonyl (C=O) groups is 1. The van der Waals surface area contributed by atoms with E-state index >= 15 is 0 Å². The van der Waals surface area contributed by atoms with Crippen LogP contribution >= 0.6 is 0 Å². The number of hydrogen-bond donors (Lipinski definition) is 3. The van der Waals surface area contributed by atoms with Crippen molar-refractivity contribution in [2.24, 2.45) is 5.84 Å². The van der Waals surface area contributed by atoms with Crippen molar-refractivity contribution in [3.05, 3.63) is 12.8 Å². The van der Waals surface area contributed by atoms with E-state index in [1.807, 2.05) is 0 Å². The zero-order chi connectivity index (χ0) is 6.41. The Morgan fingerprint density at radius 3 is 2.88 bits per heavy atom. The highest BCUT2D eigenvalue weighted by molar-refractivity contribution is 5.78. The molecule has 0 heterocycles. The minimum Gasteiger partial charge on any atom is -0.332 e. The molecule has 0 aromatic carbocycles. The van der Waals surface area contributed by atoms with E-state index in [1.165, 1.54) is 6.20 Å². The van der Waals surface area contributed by atoms with Crippen LogP contribution in [0.4, 0.5) is 0 Å². The zero-order valence-corrected chi connectivity index (χ0v) is 4.48. The molecule has 46 valence electrons. The number of carbonyl (C=O) groups excluding carboxylic acids is 1. The van der Waals surface area contributed by atoms with E-state index in [-0.39, 0.29) is 12.5 Å². The quantitative estimate of drug-likeness (QED) is 0.316.